The van der Waals surface area contributed by atoms with E-state index in [1.54, 1.807) is 24.4 Å². The van der Waals surface area contributed by atoms with Gasteiger partial charge in [-0.2, -0.15) is 5.26 Å². The molecule has 0 fully saturated rings. The molecule has 2 aromatic carbocycles. The first-order valence-corrected chi connectivity index (χ1v) is 8.50. The number of nitriles is 1. The SMILES string of the molecule is CCc1ccccc1-c1c[nH]c2ncc(-c3ccc(O)c(C#N)c3)cc12. The van der Waals surface area contributed by atoms with Crippen molar-refractivity contribution in [3.8, 4) is 34.1 Å². The minimum atomic E-state index is -0.00973. The Morgan fingerprint density at radius 2 is 1.92 bits per heavy atom. The van der Waals surface area contributed by atoms with E-state index in [2.05, 4.69) is 41.2 Å². The molecular formula is C22H17N3O. The zero-order valence-corrected chi connectivity index (χ0v) is 14.3. The van der Waals surface area contributed by atoms with Crippen LogP contribution in [0.2, 0.25) is 0 Å². The standard InChI is InChI=1S/C22H17N3O/c1-2-14-5-3-4-6-18(14)20-13-25-22-19(20)10-17(12-24-22)15-7-8-21(26)16(9-15)11-23/h3-10,12-13,26H,2H2,1H3,(H,24,25). The summed E-state index contributed by atoms with van der Waals surface area (Å²) in [5, 5.41) is 19.9. The van der Waals surface area contributed by atoms with Crippen molar-refractivity contribution >= 4 is 11.0 Å². The van der Waals surface area contributed by atoms with Crippen LogP contribution in [-0.4, -0.2) is 15.1 Å². The van der Waals surface area contributed by atoms with Gasteiger partial charge in [0, 0.05) is 28.9 Å². The molecule has 4 aromatic rings. The molecule has 0 aliphatic rings. The summed E-state index contributed by atoms with van der Waals surface area (Å²) in [6, 6.07) is 17.5. The number of phenolic OH excluding ortho intramolecular Hbond substituents is 1. The maximum absolute atomic E-state index is 9.73. The lowest BCUT2D eigenvalue weighted by Gasteiger charge is -2.08. The third-order valence-corrected chi connectivity index (χ3v) is 4.67. The Balaban J connectivity index is 1.89. The number of aromatic amines is 1. The molecule has 0 amide bonds. The van der Waals surface area contributed by atoms with Crippen LogP contribution >= 0.6 is 0 Å². The zero-order chi connectivity index (χ0) is 18.1. The fraction of sp³-hybridized carbons (Fsp3) is 0.0909. The molecule has 0 unspecified atom stereocenters. The summed E-state index contributed by atoms with van der Waals surface area (Å²) >= 11 is 0. The van der Waals surface area contributed by atoms with Crippen molar-refractivity contribution in [3.63, 3.8) is 0 Å². The molecule has 0 aliphatic carbocycles. The average molecular weight is 339 g/mol. The van der Waals surface area contributed by atoms with E-state index in [1.807, 2.05) is 18.3 Å². The van der Waals surface area contributed by atoms with Crippen molar-refractivity contribution in [2.75, 3.05) is 0 Å². The van der Waals surface area contributed by atoms with Gasteiger partial charge in [0.15, 0.2) is 0 Å². The summed E-state index contributed by atoms with van der Waals surface area (Å²) in [6.07, 6.45) is 4.73. The number of hydrogen-bond donors (Lipinski definition) is 2. The lowest BCUT2D eigenvalue weighted by atomic mass is 9.97. The van der Waals surface area contributed by atoms with Crippen molar-refractivity contribution in [1.29, 1.82) is 5.26 Å². The molecule has 26 heavy (non-hydrogen) atoms. The number of rotatable bonds is 3. The first-order chi connectivity index (χ1) is 12.7. The monoisotopic (exact) mass is 339 g/mol. The van der Waals surface area contributed by atoms with E-state index in [4.69, 9.17) is 5.26 Å². The largest absolute Gasteiger partial charge is 0.507 e. The summed E-state index contributed by atoms with van der Waals surface area (Å²) in [5.41, 5.74) is 6.44. The molecule has 0 bridgehead atoms. The summed E-state index contributed by atoms with van der Waals surface area (Å²) in [5.74, 6) is -0.00973. The first-order valence-electron chi connectivity index (χ1n) is 8.50. The number of aryl methyl sites for hydroxylation is 1. The quantitative estimate of drug-likeness (QED) is 0.549. The molecule has 2 aromatic heterocycles. The van der Waals surface area contributed by atoms with E-state index in [0.717, 1.165) is 34.1 Å². The second-order valence-corrected chi connectivity index (χ2v) is 6.18. The van der Waals surface area contributed by atoms with Gasteiger partial charge < -0.3 is 10.1 Å². The van der Waals surface area contributed by atoms with Crippen molar-refractivity contribution in [2.45, 2.75) is 13.3 Å². The number of nitrogens with one attached hydrogen (secondary N) is 1. The van der Waals surface area contributed by atoms with Gasteiger partial charge in [0.1, 0.15) is 17.5 Å². The molecule has 4 nitrogen and oxygen atoms in total. The van der Waals surface area contributed by atoms with Crippen LogP contribution in [0.5, 0.6) is 5.75 Å². The topological polar surface area (TPSA) is 72.7 Å². The summed E-state index contributed by atoms with van der Waals surface area (Å²) in [6.45, 7) is 2.15. The first kappa shape index (κ1) is 15.9. The van der Waals surface area contributed by atoms with Gasteiger partial charge in [0.25, 0.3) is 0 Å². The van der Waals surface area contributed by atoms with Crippen LogP contribution in [0, 0.1) is 11.3 Å². The van der Waals surface area contributed by atoms with Crippen molar-refractivity contribution in [1.82, 2.24) is 9.97 Å². The summed E-state index contributed by atoms with van der Waals surface area (Å²) in [7, 11) is 0. The highest BCUT2D eigenvalue weighted by atomic mass is 16.3. The number of pyridine rings is 1. The van der Waals surface area contributed by atoms with Crippen LogP contribution in [0.25, 0.3) is 33.3 Å². The molecule has 2 N–H and O–H groups in total. The average Bonchev–Trinajstić information content (AvgIpc) is 3.11. The normalized spacial score (nSPS) is 10.8. The van der Waals surface area contributed by atoms with Crippen LogP contribution in [0.3, 0.4) is 0 Å². The van der Waals surface area contributed by atoms with Crippen LogP contribution < -0.4 is 0 Å². The van der Waals surface area contributed by atoms with Crippen molar-refractivity contribution in [3.05, 3.63) is 72.1 Å². The molecule has 0 radical (unpaired) electrons. The predicted octanol–water partition coefficient (Wildman–Crippen LogP) is 5.04. The van der Waals surface area contributed by atoms with E-state index in [0.29, 0.717) is 0 Å². The summed E-state index contributed by atoms with van der Waals surface area (Å²) in [4.78, 5) is 7.78. The Labute approximate surface area is 151 Å². The van der Waals surface area contributed by atoms with Crippen LogP contribution in [0.1, 0.15) is 18.1 Å². The maximum Gasteiger partial charge on any atom is 0.137 e. The predicted molar refractivity (Wildman–Crippen MR) is 103 cm³/mol. The van der Waals surface area contributed by atoms with Crippen LogP contribution in [0.4, 0.5) is 0 Å². The fourth-order valence-corrected chi connectivity index (χ4v) is 3.28. The molecule has 2 heterocycles. The molecule has 0 aliphatic heterocycles. The van der Waals surface area contributed by atoms with E-state index >= 15 is 0 Å². The molecule has 4 heteroatoms. The molecule has 0 atom stereocenters. The Morgan fingerprint density at radius 3 is 2.73 bits per heavy atom. The van der Waals surface area contributed by atoms with Gasteiger partial charge in [0.2, 0.25) is 0 Å². The minimum absolute atomic E-state index is 0.00973. The molecule has 0 spiro atoms. The Morgan fingerprint density at radius 1 is 1.08 bits per heavy atom. The highest BCUT2D eigenvalue weighted by Crippen LogP contribution is 2.33. The van der Waals surface area contributed by atoms with Crippen molar-refractivity contribution in [2.24, 2.45) is 0 Å². The maximum atomic E-state index is 9.73. The second-order valence-electron chi connectivity index (χ2n) is 6.18. The van der Waals surface area contributed by atoms with Gasteiger partial charge in [-0.05, 0) is 41.3 Å². The summed E-state index contributed by atoms with van der Waals surface area (Å²) < 4.78 is 0. The van der Waals surface area contributed by atoms with E-state index in [9.17, 15) is 5.11 Å². The molecule has 4 rings (SSSR count). The number of phenols is 1. The van der Waals surface area contributed by atoms with Crippen LogP contribution in [0.15, 0.2) is 60.9 Å². The number of nitrogens with zero attached hydrogens (tertiary/aromatic N) is 2. The smallest absolute Gasteiger partial charge is 0.137 e. The fourth-order valence-electron chi connectivity index (χ4n) is 3.28. The Hall–Kier alpha value is -3.58. The number of fused-ring (bicyclic) bond motifs is 1. The highest BCUT2D eigenvalue weighted by Gasteiger charge is 2.12. The van der Waals surface area contributed by atoms with Gasteiger partial charge in [-0.15, -0.1) is 0 Å². The van der Waals surface area contributed by atoms with Crippen LogP contribution in [-0.2, 0) is 6.42 Å². The lowest BCUT2D eigenvalue weighted by molar-refractivity contribution is 0.473. The molecule has 126 valence electrons. The van der Waals surface area contributed by atoms with Gasteiger partial charge >= 0.3 is 0 Å². The van der Waals surface area contributed by atoms with Gasteiger partial charge in [-0.1, -0.05) is 37.3 Å². The number of hydrogen-bond acceptors (Lipinski definition) is 3. The van der Waals surface area contributed by atoms with E-state index in [-0.39, 0.29) is 11.3 Å². The lowest BCUT2D eigenvalue weighted by Crippen LogP contribution is -1.87. The zero-order valence-electron chi connectivity index (χ0n) is 14.3. The van der Waals surface area contributed by atoms with Crippen molar-refractivity contribution < 1.29 is 5.11 Å². The third kappa shape index (κ3) is 2.60. The van der Waals surface area contributed by atoms with Gasteiger partial charge in [-0.25, -0.2) is 4.98 Å². The molecule has 0 saturated carbocycles. The van der Waals surface area contributed by atoms with E-state index < -0.39 is 0 Å². The molecular weight excluding hydrogens is 322 g/mol. The Bertz CT molecular complexity index is 1150. The molecule has 0 saturated heterocycles. The Kier molecular flexibility index (Phi) is 3.91. The number of aromatic hydroxyl groups is 1. The second kappa shape index (κ2) is 6.38. The van der Waals surface area contributed by atoms with Gasteiger partial charge in [-0.3, -0.25) is 0 Å². The van der Waals surface area contributed by atoms with Gasteiger partial charge in [0.05, 0.1) is 5.56 Å². The number of H-pyrrole nitrogens is 1. The minimum Gasteiger partial charge on any atom is -0.507 e. The number of benzene rings is 2. The third-order valence-electron chi connectivity index (χ3n) is 4.67. The number of aromatic nitrogens is 2. The van der Waals surface area contributed by atoms with E-state index in [1.165, 1.54) is 11.1 Å². The highest BCUT2D eigenvalue weighted by molar-refractivity contribution is 5.96.